The summed E-state index contributed by atoms with van der Waals surface area (Å²) in [6.07, 6.45) is 3.64. The molecule has 9 rings (SSSR count). The second-order valence-electron chi connectivity index (χ2n) is 11.8. The molecule has 47 heavy (non-hydrogen) atoms. The van der Waals surface area contributed by atoms with E-state index in [2.05, 4.69) is 142 Å². The lowest BCUT2D eigenvalue weighted by atomic mass is 9.84. The standard InChI is InChI=1S/C44H29N3/c1-2-14-33-31(13-1)29-40(35-16-4-3-15-34(33)35)44-38-19-7-5-17-36(38)43(37-18-6-8-20-39(37)44)30-23-25-32(26-24-30)47(41-21-9-11-27-45-41)42-22-10-12-28-46-42/h1-29H. The summed E-state index contributed by atoms with van der Waals surface area (Å²) in [6, 6.07) is 58.4. The molecule has 0 aliphatic carbocycles. The summed E-state index contributed by atoms with van der Waals surface area (Å²) in [7, 11) is 0. The van der Waals surface area contributed by atoms with Gasteiger partial charge in [-0.05, 0) is 108 Å². The van der Waals surface area contributed by atoms with E-state index < -0.39 is 0 Å². The summed E-state index contributed by atoms with van der Waals surface area (Å²) < 4.78 is 0. The summed E-state index contributed by atoms with van der Waals surface area (Å²) in [4.78, 5) is 11.4. The molecule has 220 valence electrons. The third-order valence-electron chi connectivity index (χ3n) is 9.14. The van der Waals surface area contributed by atoms with Crippen LogP contribution in [0.1, 0.15) is 0 Å². The summed E-state index contributed by atoms with van der Waals surface area (Å²) >= 11 is 0. The fourth-order valence-electron chi connectivity index (χ4n) is 7.12. The molecule has 3 heteroatoms. The minimum absolute atomic E-state index is 0.821. The lowest BCUT2D eigenvalue weighted by molar-refractivity contribution is 1.13. The Kier molecular flexibility index (Phi) is 6.46. The number of anilines is 3. The fourth-order valence-corrected chi connectivity index (χ4v) is 7.12. The van der Waals surface area contributed by atoms with Gasteiger partial charge < -0.3 is 0 Å². The van der Waals surface area contributed by atoms with E-state index in [4.69, 9.17) is 0 Å². The molecule has 0 amide bonds. The molecule has 2 aromatic heterocycles. The van der Waals surface area contributed by atoms with Crippen molar-refractivity contribution in [3.05, 3.63) is 176 Å². The Morgan fingerprint density at radius 1 is 0.362 bits per heavy atom. The fraction of sp³-hybridized carbons (Fsp3) is 0. The topological polar surface area (TPSA) is 29.0 Å². The van der Waals surface area contributed by atoms with Crippen molar-refractivity contribution in [1.29, 1.82) is 0 Å². The van der Waals surface area contributed by atoms with E-state index in [1.165, 1.54) is 59.8 Å². The molecule has 0 radical (unpaired) electrons. The van der Waals surface area contributed by atoms with Crippen molar-refractivity contribution in [3.63, 3.8) is 0 Å². The molecule has 9 aromatic rings. The normalized spacial score (nSPS) is 11.4. The number of rotatable bonds is 5. The summed E-state index contributed by atoms with van der Waals surface area (Å²) in [5.74, 6) is 1.64. The van der Waals surface area contributed by atoms with Crippen LogP contribution in [0.15, 0.2) is 176 Å². The Hall–Kier alpha value is -6.32. The van der Waals surface area contributed by atoms with E-state index in [1.54, 1.807) is 0 Å². The predicted octanol–water partition coefficient (Wildman–Crippen LogP) is 11.9. The van der Waals surface area contributed by atoms with Crippen molar-refractivity contribution in [2.45, 2.75) is 0 Å². The smallest absolute Gasteiger partial charge is 0.138 e. The Morgan fingerprint density at radius 2 is 0.830 bits per heavy atom. The third-order valence-corrected chi connectivity index (χ3v) is 9.14. The Balaban J connectivity index is 1.28. The summed E-state index contributed by atoms with van der Waals surface area (Å²) in [5, 5.41) is 10.0. The third kappa shape index (κ3) is 4.52. The molecule has 0 bridgehead atoms. The van der Waals surface area contributed by atoms with Gasteiger partial charge in [0.2, 0.25) is 0 Å². The number of hydrogen-bond donors (Lipinski definition) is 0. The predicted molar refractivity (Wildman–Crippen MR) is 198 cm³/mol. The number of hydrogen-bond acceptors (Lipinski definition) is 3. The van der Waals surface area contributed by atoms with Crippen LogP contribution in [-0.2, 0) is 0 Å². The quantitative estimate of drug-likeness (QED) is 0.146. The SMILES string of the molecule is c1ccc(N(c2ccc(-c3c4ccccc4c(-c4cc5ccccc5c5ccccc45)c4ccccc34)cc2)c2ccccn2)nc1. The monoisotopic (exact) mass is 599 g/mol. The highest BCUT2D eigenvalue weighted by Crippen LogP contribution is 2.46. The first-order chi connectivity index (χ1) is 23.3. The maximum absolute atomic E-state index is 4.66. The molecular weight excluding hydrogens is 571 g/mol. The largest absolute Gasteiger partial charge is 0.279 e. The highest BCUT2D eigenvalue weighted by molar-refractivity contribution is 6.25. The zero-order valence-electron chi connectivity index (χ0n) is 25.6. The van der Waals surface area contributed by atoms with Crippen molar-refractivity contribution in [3.8, 4) is 22.3 Å². The van der Waals surface area contributed by atoms with E-state index in [-0.39, 0.29) is 0 Å². The molecule has 7 aromatic carbocycles. The molecule has 0 spiro atoms. The van der Waals surface area contributed by atoms with Gasteiger partial charge >= 0.3 is 0 Å². The summed E-state index contributed by atoms with van der Waals surface area (Å²) in [6.45, 7) is 0. The maximum atomic E-state index is 4.66. The minimum atomic E-state index is 0.821. The Bertz CT molecular complexity index is 2460. The van der Waals surface area contributed by atoms with Crippen LogP contribution in [-0.4, -0.2) is 9.97 Å². The van der Waals surface area contributed by atoms with Crippen molar-refractivity contribution >= 4 is 60.4 Å². The molecule has 2 heterocycles. The van der Waals surface area contributed by atoms with E-state index in [0.29, 0.717) is 0 Å². The van der Waals surface area contributed by atoms with E-state index in [1.807, 2.05) is 48.8 Å². The van der Waals surface area contributed by atoms with Gasteiger partial charge in [-0.3, -0.25) is 4.90 Å². The van der Waals surface area contributed by atoms with Crippen LogP contribution in [0.5, 0.6) is 0 Å². The molecule has 0 atom stereocenters. The molecule has 0 saturated heterocycles. The zero-order chi connectivity index (χ0) is 31.2. The Morgan fingerprint density at radius 3 is 1.38 bits per heavy atom. The molecule has 0 saturated carbocycles. The molecule has 3 nitrogen and oxygen atoms in total. The van der Waals surface area contributed by atoms with Gasteiger partial charge in [0.15, 0.2) is 0 Å². The molecule has 0 fully saturated rings. The van der Waals surface area contributed by atoms with E-state index >= 15 is 0 Å². The van der Waals surface area contributed by atoms with Crippen LogP contribution >= 0.6 is 0 Å². The van der Waals surface area contributed by atoms with Gasteiger partial charge in [0.1, 0.15) is 11.6 Å². The van der Waals surface area contributed by atoms with Crippen LogP contribution < -0.4 is 4.90 Å². The number of fused-ring (bicyclic) bond motifs is 5. The van der Waals surface area contributed by atoms with E-state index in [0.717, 1.165) is 22.9 Å². The number of pyridine rings is 2. The van der Waals surface area contributed by atoms with Gasteiger partial charge in [0, 0.05) is 18.1 Å². The highest BCUT2D eigenvalue weighted by atomic mass is 15.2. The van der Waals surface area contributed by atoms with Crippen molar-refractivity contribution in [2.75, 3.05) is 4.90 Å². The lowest BCUT2D eigenvalue weighted by Crippen LogP contribution is -2.12. The van der Waals surface area contributed by atoms with Crippen LogP contribution in [0.2, 0.25) is 0 Å². The minimum Gasteiger partial charge on any atom is -0.279 e. The van der Waals surface area contributed by atoms with Gasteiger partial charge in [-0.25, -0.2) is 9.97 Å². The first-order valence-electron chi connectivity index (χ1n) is 15.9. The molecule has 0 unspecified atom stereocenters. The second-order valence-corrected chi connectivity index (χ2v) is 11.8. The first kappa shape index (κ1) is 27.0. The van der Waals surface area contributed by atoms with Crippen LogP contribution in [0.25, 0.3) is 65.3 Å². The van der Waals surface area contributed by atoms with Gasteiger partial charge in [-0.1, -0.05) is 121 Å². The van der Waals surface area contributed by atoms with Crippen molar-refractivity contribution in [1.82, 2.24) is 9.97 Å². The Labute approximate surface area is 273 Å². The second kappa shape index (κ2) is 11.2. The van der Waals surface area contributed by atoms with Crippen molar-refractivity contribution in [2.24, 2.45) is 0 Å². The molecule has 0 aliphatic rings. The average molecular weight is 600 g/mol. The lowest BCUT2D eigenvalue weighted by Gasteiger charge is -2.23. The van der Waals surface area contributed by atoms with Gasteiger partial charge in [0.25, 0.3) is 0 Å². The van der Waals surface area contributed by atoms with Crippen LogP contribution in [0.4, 0.5) is 17.3 Å². The van der Waals surface area contributed by atoms with Gasteiger partial charge in [0.05, 0.1) is 0 Å². The molecule has 0 N–H and O–H groups in total. The number of nitrogens with zero attached hydrogens (tertiary/aromatic N) is 3. The average Bonchev–Trinajstić information content (AvgIpc) is 3.15. The zero-order valence-corrected chi connectivity index (χ0v) is 25.6. The van der Waals surface area contributed by atoms with Crippen LogP contribution in [0.3, 0.4) is 0 Å². The number of benzene rings is 7. The van der Waals surface area contributed by atoms with Gasteiger partial charge in [-0.15, -0.1) is 0 Å². The van der Waals surface area contributed by atoms with Crippen LogP contribution in [0, 0.1) is 0 Å². The van der Waals surface area contributed by atoms with E-state index in [9.17, 15) is 0 Å². The highest BCUT2D eigenvalue weighted by Gasteiger charge is 2.20. The maximum Gasteiger partial charge on any atom is 0.138 e. The van der Waals surface area contributed by atoms with Crippen molar-refractivity contribution < 1.29 is 0 Å². The van der Waals surface area contributed by atoms with Gasteiger partial charge in [-0.2, -0.15) is 0 Å². The number of aromatic nitrogens is 2. The molecular formula is C44H29N3. The first-order valence-corrected chi connectivity index (χ1v) is 15.9. The molecule has 0 aliphatic heterocycles. The summed E-state index contributed by atoms with van der Waals surface area (Å²) in [5.41, 5.74) is 5.93.